The number of nitrogen functional groups attached to an aromatic ring is 1. The zero-order chi connectivity index (χ0) is 16.1. The number of carbonyl (C=O) groups excluding carboxylic acids is 1. The van der Waals surface area contributed by atoms with Gasteiger partial charge in [-0.3, -0.25) is 4.79 Å². The van der Waals surface area contributed by atoms with Crippen molar-refractivity contribution in [1.29, 1.82) is 0 Å². The monoisotopic (exact) mass is 302 g/mol. The van der Waals surface area contributed by atoms with Gasteiger partial charge in [0.2, 0.25) is 0 Å². The van der Waals surface area contributed by atoms with Crippen molar-refractivity contribution >= 4 is 11.7 Å². The first-order chi connectivity index (χ1) is 10.5. The van der Waals surface area contributed by atoms with Gasteiger partial charge in [0.15, 0.2) is 0 Å². The van der Waals surface area contributed by atoms with Crippen molar-refractivity contribution in [3.63, 3.8) is 0 Å². The number of aromatic nitrogens is 2. The van der Waals surface area contributed by atoms with Gasteiger partial charge in [-0.25, -0.2) is 4.68 Å². The number of nitrogens with zero attached hydrogens (tertiary/aromatic N) is 2. The smallest absolute Gasteiger partial charge is 0.254 e. The Morgan fingerprint density at radius 2 is 2.05 bits per heavy atom. The van der Waals surface area contributed by atoms with Crippen LogP contribution in [0.4, 0.5) is 5.82 Å². The molecule has 0 aliphatic rings. The lowest BCUT2D eigenvalue weighted by atomic mass is 10.0. The molecule has 2 aromatic rings. The summed E-state index contributed by atoms with van der Waals surface area (Å²) in [6.07, 6.45) is 3.22. The second-order valence-corrected chi connectivity index (χ2v) is 5.44. The van der Waals surface area contributed by atoms with Gasteiger partial charge in [-0.1, -0.05) is 30.3 Å². The van der Waals surface area contributed by atoms with E-state index < -0.39 is 12.0 Å². The van der Waals surface area contributed by atoms with Crippen LogP contribution in [0.1, 0.15) is 41.7 Å². The molecular weight excluding hydrogens is 280 g/mol. The minimum absolute atomic E-state index is 0.189. The zero-order valence-corrected chi connectivity index (χ0v) is 12.6. The number of benzene rings is 1. The Bertz CT molecular complexity index is 622. The van der Waals surface area contributed by atoms with Gasteiger partial charge in [0.1, 0.15) is 11.4 Å². The lowest BCUT2D eigenvalue weighted by Crippen LogP contribution is -2.24. The lowest BCUT2D eigenvalue weighted by Gasteiger charge is -2.21. The Kier molecular flexibility index (Phi) is 5.16. The van der Waals surface area contributed by atoms with E-state index in [1.54, 1.807) is 6.92 Å². The van der Waals surface area contributed by atoms with Gasteiger partial charge in [0.05, 0.1) is 18.3 Å². The van der Waals surface area contributed by atoms with E-state index in [2.05, 4.69) is 17.2 Å². The van der Waals surface area contributed by atoms with Crippen LogP contribution in [0.2, 0.25) is 0 Å². The molecule has 0 aliphatic carbocycles. The third kappa shape index (κ3) is 3.65. The minimum Gasteiger partial charge on any atom is -0.391 e. The lowest BCUT2D eigenvalue weighted by molar-refractivity contribution is 0.0999. The molecule has 0 saturated heterocycles. The standard InChI is InChI=1S/C16H22N4O2/c1-11(21)14(9-5-8-12-6-3-2-4-7-12)20-15(17)13(10-19-20)16(18)22/h2-4,6-7,10-11,14,21H,5,8-9,17H2,1H3,(H2,18,22). The molecule has 0 saturated carbocycles. The Hall–Kier alpha value is -2.34. The third-order valence-corrected chi connectivity index (χ3v) is 3.78. The summed E-state index contributed by atoms with van der Waals surface area (Å²) in [5.74, 6) is -0.407. The fourth-order valence-corrected chi connectivity index (χ4v) is 2.55. The molecule has 5 N–H and O–H groups in total. The molecule has 2 rings (SSSR count). The fourth-order valence-electron chi connectivity index (χ4n) is 2.55. The molecule has 2 atom stereocenters. The molecule has 2 unspecified atom stereocenters. The first kappa shape index (κ1) is 16.0. The van der Waals surface area contributed by atoms with E-state index in [1.807, 2.05) is 18.2 Å². The summed E-state index contributed by atoms with van der Waals surface area (Å²) in [7, 11) is 0. The number of carbonyl (C=O) groups is 1. The van der Waals surface area contributed by atoms with Crippen molar-refractivity contribution in [3.8, 4) is 0 Å². The molecule has 0 bridgehead atoms. The summed E-state index contributed by atoms with van der Waals surface area (Å²) in [5, 5.41) is 14.1. The maximum absolute atomic E-state index is 11.3. The maximum Gasteiger partial charge on any atom is 0.254 e. The Morgan fingerprint density at radius 3 is 2.59 bits per heavy atom. The van der Waals surface area contributed by atoms with E-state index in [1.165, 1.54) is 16.4 Å². The highest BCUT2D eigenvalue weighted by Crippen LogP contribution is 2.24. The minimum atomic E-state index is -0.626. The SMILES string of the molecule is CC(O)C(CCCc1ccccc1)n1ncc(C(N)=O)c1N. The number of rotatable bonds is 7. The molecule has 22 heavy (non-hydrogen) atoms. The van der Waals surface area contributed by atoms with E-state index in [-0.39, 0.29) is 17.4 Å². The summed E-state index contributed by atoms with van der Waals surface area (Å²) in [6, 6.07) is 9.86. The van der Waals surface area contributed by atoms with Crippen LogP contribution in [0.5, 0.6) is 0 Å². The van der Waals surface area contributed by atoms with Gasteiger partial charge in [0, 0.05) is 0 Å². The van der Waals surface area contributed by atoms with Crippen molar-refractivity contribution in [2.24, 2.45) is 5.73 Å². The summed E-state index contributed by atoms with van der Waals surface area (Å²) >= 11 is 0. The maximum atomic E-state index is 11.3. The normalized spacial score (nSPS) is 13.7. The van der Waals surface area contributed by atoms with Gasteiger partial charge in [-0.05, 0) is 31.7 Å². The molecule has 0 fully saturated rings. The van der Waals surface area contributed by atoms with E-state index in [4.69, 9.17) is 11.5 Å². The number of aliphatic hydroxyl groups is 1. The first-order valence-corrected chi connectivity index (χ1v) is 7.35. The van der Waals surface area contributed by atoms with Crippen LogP contribution < -0.4 is 11.5 Å². The quantitative estimate of drug-likeness (QED) is 0.720. The number of primary amides is 1. The predicted molar refractivity (Wildman–Crippen MR) is 85.3 cm³/mol. The van der Waals surface area contributed by atoms with Gasteiger partial charge in [0.25, 0.3) is 5.91 Å². The van der Waals surface area contributed by atoms with Crippen molar-refractivity contribution in [3.05, 3.63) is 47.7 Å². The summed E-state index contributed by atoms with van der Waals surface area (Å²) in [4.78, 5) is 11.3. The number of anilines is 1. The highest BCUT2D eigenvalue weighted by molar-refractivity contribution is 5.96. The highest BCUT2D eigenvalue weighted by atomic mass is 16.3. The Morgan fingerprint density at radius 1 is 1.36 bits per heavy atom. The zero-order valence-electron chi connectivity index (χ0n) is 12.6. The van der Waals surface area contributed by atoms with Gasteiger partial charge < -0.3 is 16.6 Å². The number of amides is 1. The molecule has 0 aliphatic heterocycles. The number of nitrogens with two attached hydrogens (primary N) is 2. The van der Waals surface area contributed by atoms with Gasteiger partial charge >= 0.3 is 0 Å². The molecule has 1 amide bonds. The molecule has 6 nitrogen and oxygen atoms in total. The van der Waals surface area contributed by atoms with Crippen LogP contribution in [0.15, 0.2) is 36.5 Å². The van der Waals surface area contributed by atoms with Gasteiger partial charge in [-0.15, -0.1) is 0 Å². The van der Waals surface area contributed by atoms with Crippen molar-refractivity contribution in [1.82, 2.24) is 9.78 Å². The molecule has 118 valence electrons. The van der Waals surface area contributed by atoms with Crippen LogP contribution >= 0.6 is 0 Å². The number of hydrogen-bond donors (Lipinski definition) is 3. The summed E-state index contributed by atoms with van der Waals surface area (Å²) < 4.78 is 1.50. The largest absolute Gasteiger partial charge is 0.391 e. The van der Waals surface area contributed by atoms with Crippen molar-refractivity contribution in [2.75, 3.05) is 5.73 Å². The summed E-state index contributed by atoms with van der Waals surface area (Å²) in [6.45, 7) is 1.69. The molecule has 1 heterocycles. The average molecular weight is 302 g/mol. The molecule has 1 aromatic heterocycles. The molecule has 0 radical (unpaired) electrons. The third-order valence-electron chi connectivity index (χ3n) is 3.78. The van der Waals surface area contributed by atoms with Crippen LogP contribution in [0.25, 0.3) is 0 Å². The van der Waals surface area contributed by atoms with E-state index in [9.17, 15) is 9.90 Å². The molecular formula is C16H22N4O2. The van der Waals surface area contributed by atoms with Crippen LogP contribution in [-0.2, 0) is 6.42 Å². The van der Waals surface area contributed by atoms with Crippen LogP contribution in [-0.4, -0.2) is 26.9 Å². The number of aliphatic hydroxyl groups excluding tert-OH is 1. The van der Waals surface area contributed by atoms with Crippen LogP contribution in [0, 0.1) is 0 Å². The topological polar surface area (TPSA) is 107 Å². The van der Waals surface area contributed by atoms with E-state index in [0.29, 0.717) is 6.42 Å². The second-order valence-electron chi connectivity index (χ2n) is 5.44. The Labute approximate surface area is 129 Å². The Balaban J connectivity index is 2.06. The molecule has 0 spiro atoms. The number of hydrogen-bond acceptors (Lipinski definition) is 4. The van der Waals surface area contributed by atoms with Crippen molar-refractivity contribution < 1.29 is 9.90 Å². The highest BCUT2D eigenvalue weighted by Gasteiger charge is 2.22. The van der Waals surface area contributed by atoms with E-state index >= 15 is 0 Å². The number of aryl methyl sites for hydroxylation is 1. The van der Waals surface area contributed by atoms with Crippen molar-refractivity contribution in [2.45, 2.75) is 38.3 Å². The van der Waals surface area contributed by atoms with Gasteiger partial charge in [-0.2, -0.15) is 5.10 Å². The second kappa shape index (κ2) is 7.09. The molecule has 1 aromatic carbocycles. The molecule has 6 heteroatoms. The first-order valence-electron chi connectivity index (χ1n) is 7.35. The fraction of sp³-hybridized carbons (Fsp3) is 0.375. The van der Waals surface area contributed by atoms with Crippen LogP contribution in [0.3, 0.4) is 0 Å². The summed E-state index contributed by atoms with van der Waals surface area (Å²) in [5.41, 5.74) is 12.6. The van der Waals surface area contributed by atoms with E-state index in [0.717, 1.165) is 12.8 Å². The average Bonchev–Trinajstić information content (AvgIpc) is 2.86. The predicted octanol–water partition coefficient (Wildman–Crippen LogP) is 1.51.